The van der Waals surface area contributed by atoms with Crippen molar-refractivity contribution in [3.63, 3.8) is 0 Å². The molecular formula is C54H82O12. The summed E-state index contributed by atoms with van der Waals surface area (Å²) in [5.41, 5.74) is 1.97. The van der Waals surface area contributed by atoms with Crippen LogP contribution < -0.4 is 9.47 Å². The van der Waals surface area contributed by atoms with Gasteiger partial charge in [0.1, 0.15) is 11.5 Å². The fraction of sp³-hybridized carbons (Fsp3) is 0.704. The molecule has 0 unspecified atom stereocenters. The second-order valence-electron chi connectivity index (χ2n) is 20.8. The predicted octanol–water partition coefficient (Wildman–Crippen LogP) is 10.8. The molecule has 12 heteroatoms. The van der Waals surface area contributed by atoms with Crippen LogP contribution in [0, 0.1) is 17.8 Å². The lowest BCUT2D eigenvalue weighted by atomic mass is 9.87. The SMILES string of the molecule is C=CC[C@@H]1OC(C)(C)O[C@H](C[C@H]2C[C@@H](C[C@H](C[C@H]3C[C@H](C[C@@H]4C[C@H](/C=C/[C@H](C)[C@@H](O)C(C)C)OC(C)(C)O4)OC(C)(C)O3)OCc3ccc(OC)cc3)O[C@@H](c3ccc(OC)cc3)O2)[C@H]1C. The normalized spacial score (nSPS) is 32.4. The molecule has 4 aliphatic heterocycles. The van der Waals surface area contributed by atoms with Crippen molar-refractivity contribution in [1.82, 2.24) is 0 Å². The molecule has 0 saturated carbocycles. The Morgan fingerprint density at radius 2 is 1.23 bits per heavy atom. The third kappa shape index (κ3) is 15.3. The first-order valence-corrected chi connectivity index (χ1v) is 24.5. The third-order valence-electron chi connectivity index (χ3n) is 13.4. The highest BCUT2D eigenvalue weighted by atomic mass is 16.7. The van der Waals surface area contributed by atoms with Gasteiger partial charge in [0, 0.05) is 62.3 Å². The summed E-state index contributed by atoms with van der Waals surface area (Å²) in [6.45, 7) is 24.6. The number of aliphatic hydroxyl groups excluding tert-OH is 1. The van der Waals surface area contributed by atoms with Crippen LogP contribution in [0.5, 0.6) is 11.5 Å². The Morgan fingerprint density at radius 1 is 0.682 bits per heavy atom. The number of rotatable bonds is 20. The van der Waals surface area contributed by atoms with Gasteiger partial charge >= 0.3 is 0 Å². The van der Waals surface area contributed by atoms with E-state index in [4.69, 9.17) is 52.1 Å². The molecule has 0 spiro atoms. The van der Waals surface area contributed by atoms with E-state index in [9.17, 15) is 5.11 Å². The maximum Gasteiger partial charge on any atom is 0.184 e. The minimum atomic E-state index is -0.825. The molecule has 0 bridgehead atoms. The quantitative estimate of drug-likeness (QED) is 0.127. The van der Waals surface area contributed by atoms with Gasteiger partial charge in [-0.25, -0.2) is 0 Å². The van der Waals surface area contributed by atoms with Gasteiger partial charge in [-0.15, -0.1) is 6.58 Å². The van der Waals surface area contributed by atoms with Gasteiger partial charge in [0.05, 0.1) is 81.9 Å². The van der Waals surface area contributed by atoms with Crippen LogP contribution in [0.2, 0.25) is 0 Å². The summed E-state index contributed by atoms with van der Waals surface area (Å²) in [5.74, 6) is -0.457. The molecule has 370 valence electrons. The van der Waals surface area contributed by atoms with Crippen molar-refractivity contribution in [2.24, 2.45) is 17.8 Å². The molecule has 12 nitrogen and oxygen atoms in total. The molecular weight excluding hydrogens is 841 g/mol. The van der Waals surface area contributed by atoms with Crippen molar-refractivity contribution in [3.05, 3.63) is 84.5 Å². The second-order valence-corrected chi connectivity index (χ2v) is 20.8. The Morgan fingerprint density at radius 3 is 1.86 bits per heavy atom. The van der Waals surface area contributed by atoms with Crippen LogP contribution in [-0.4, -0.2) is 97.7 Å². The number of aliphatic hydroxyl groups is 1. The molecule has 13 atom stereocenters. The van der Waals surface area contributed by atoms with Crippen molar-refractivity contribution < 1.29 is 57.2 Å². The Kier molecular flexibility index (Phi) is 18.4. The maximum atomic E-state index is 10.6. The number of hydrogen-bond donors (Lipinski definition) is 1. The summed E-state index contributed by atoms with van der Waals surface area (Å²) in [5, 5.41) is 10.6. The average molecular weight is 923 g/mol. The van der Waals surface area contributed by atoms with E-state index in [1.807, 2.05) is 117 Å². The molecule has 0 radical (unpaired) electrons. The van der Waals surface area contributed by atoms with Crippen molar-refractivity contribution >= 4 is 0 Å². The smallest absolute Gasteiger partial charge is 0.184 e. The molecule has 66 heavy (non-hydrogen) atoms. The van der Waals surface area contributed by atoms with E-state index < -0.39 is 29.8 Å². The highest BCUT2D eigenvalue weighted by Crippen LogP contribution is 2.41. The van der Waals surface area contributed by atoms with Crippen molar-refractivity contribution in [2.75, 3.05) is 14.2 Å². The monoisotopic (exact) mass is 923 g/mol. The standard InChI is InChI=1S/C54H82O12/c1-14-15-48-36(5)49(66-54(10,11)65-48)32-44-29-43(59-51(60-44)38-19-24-40(57-13)25-20-38)27-42(58-33-37-17-22-39(56-12)23-18-37)28-46-31-47(64-53(8,9)63-46)30-45-26-41(61-52(6,7)62-45)21-16-35(4)50(55)34(2)3/h14,16-25,34-36,41-51,55H,1,15,26-33H2,2-13H3/b21-16+/t35-,36-,41-,42+,43+,44+,45-,46-,47-,48-,49+,50-,51+/m0/s1. The molecule has 6 rings (SSSR count). The van der Waals surface area contributed by atoms with Gasteiger partial charge in [-0.1, -0.05) is 70.2 Å². The maximum absolute atomic E-state index is 10.6. The van der Waals surface area contributed by atoms with Gasteiger partial charge in [-0.05, 0) is 83.7 Å². The topological polar surface area (TPSA) is 122 Å². The van der Waals surface area contributed by atoms with Crippen LogP contribution in [0.4, 0.5) is 0 Å². The van der Waals surface area contributed by atoms with Gasteiger partial charge in [-0.3, -0.25) is 0 Å². The lowest BCUT2D eigenvalue weighted by Crippen LogP contribution is -2.51. The van der Waals surface area contributed by atoms with E-state index >= 15 is 0 Å². The fourth-order valence-corrected chi connectivity index (χ4v) is 10.2. The minimum Gasteiger partial charge on any atom is -0.497 e. The summed E-state index contributed by atoms with van der Waals surface area (Å²) in [7, 11) is 3.34. The summed E-state index contributed by atoms with van der Waals surface area (Å²) in [6.07, 6.45) is 9.30. The predicted molar refractivity (Wildman–Crippen MR) is 254 cm³/mol. The van der Waals surface area contributed by atoms with E-state index in [0.717, 1.165) is 29.0 Å². The lowest BCUT2D eigenvalue weighted by Gasteiger charge is -2.47. The molecule has 0 aromatic heterocycles. The molecule has 0 aliphatic carbocycles. The van der Waals surface area contributed by atoms with E-state index in [2.05, 4.69) is 25.7 Å². The molecule has 1 N–H and O–H groups in total. The molecule has 4 aliphatic rings. The van der Waals surface area contributed by atoms with Crippen LogP contribution in [-0.2, 0) is 49.2 Å². The zero-order chi connectivity index (χ0) is 47.8. The van der Waals surface area contributed by atoms with E-state index in [1.165, 1.54) is 0 Å². The molecule has 2 aromatic carbocycles. The Hall–Kier alpha value is -2.88. The first-order chi connectivity index (χ1) is 31.2. The van der Waals surface area contributed by atoms with Crippen molar-refractivity contribution in [1.29, 1.82) is 0 Å². The Labute approximate surface area is 395 Å². The fourth-order valence-electron chi connectivity index (χ4n) is 10.2. The molecule has 4 saturated heterocycles. The second kappa shape index (κ2) is 23.2. The lowest BCUT2D eigenvalue weighted by molar-refractivity contribution is -0.328. The highest BCUT2D eigenvalue weighted by Gasteiger charge is 2.45. The number of benzene rings is 2. The Balaban J connectivity index is 1.20. The zero-order valence-corrected chi connectivity index (χ0v) is 41.9. The molecule has 4 heterocycles. The molecule has 4 fully saturated rings. The minimum absolute atomic E-state index is 0.00584. The highest BCUT2D eigenvalue weighted by molar-refractivity contribution is 5.28. The van der Waals surface area contributed by atoms with Crippen molar-refractivity contribution in [2.45, 2.75) is 212 Å². The van der Waals surface area contributed by atoms with Crippen molar-refractivity contribution in [3.8, 4) is 11.5 Å². The summed E-state index contributed by atoms with van der Waals surface area (Å²) >= 11 is 0. The van der Waals surface area contributed by atoms with Crippen LogP contribution >= 0.6 is 0 Å². The molecule has 2 aromatic rings. The first-order valence-electron chi connectivity index (χ1n) is 24.5. The third-order valence-corrected chi connectivity index (χ3v) is 13.4. The summed E-state index contributed by atoms with van der Waals surface area (Å²) in [4.78, 5) is 0. The first kappa shape index (κ1) is 52.5. The van der Waals surface area contributed by atoms with Crippen LogP contribution in [0.1, 0.15) is 138 Å². The largest absolute Gasteiger partial charge is 0.497 e. The van der Waals surface area contributed by atoms with Crippen LogP contribution in [0.25, 0.3) is 0 Å². The van der Waals surface area contributed by atoms with Gasteiger partial charge in [0.25, 0.3) is 0 Å². The molecule has 0 amide bonds. The summed E-state index contributed by atoms with van der Waals surface area (Å²) in [6, 6.07) is 15.9. The van der Waals surface area contributed by atoms with E-state index in [0.29, 0.717) is 51.6 Å². The van der Waals surface area contributed by atoms with E-state index in [1.54, 1.807) is 14.2 Å². The average Bonchev–Trinajstić information content (AvgIpc) is 3.25. The van der Waals surface area contributed by atoms with Gasteiger partial charge in [-0.2, -0.15) is 0 Å². The van der Waals surface area contributed by atoms with Gasteiger partial charge in [0.2, 0.25) is 0 Å². The number of ether oxygens (including phenoxy) is 11. The Bertz CT molecular complexity index is 1810. The number of methoxy groups -OCH3 is 2. The zero-order valence-electron chi connectivity index (χ0n) is 41.9. The van der Waals surface area contributed by atoms with Crippen LogP contribution in [0.3, 0.4) is 0 Å². The van der Waals surface area contributed by atoms with Gasteiger partial charge in [0.15, 0.2) is 23.7 Å². The van der Waals surface area contributed by atoms with Gasteiger partial charge < -0.3 is 57.2 Å². The number of hydrogen-bond acceptors (Lipinski definition) is 12. The van der Waals surface area contributed by atoms with E-state index in [-0.39, 0.29) is 72.7 Å². The summed E-state index contributed by atoms with van der Waals surface area (Å²) < 4.78 is 70.8. The van der Waals surface area contributed by atoms with Crippen LogP contribution in [0.15, 0.2) is 73.3 Å².